The quantitative estimate of drug-likeness (QED) is 0.863. The van der Waals surface area contributed by atoms with E-state index in [9.17, 15) is 0 Å². The maximum atomic E-state index is 4.13. The van der Waals surface area contributed by atoms with Crippen LogP contribution in [0.1, 0.15) is 23.4 Å². The molecular weight excluding hydrogens is 206 g/mol. The Morgan fingerprint density at radius 3 is 2.80 bits per heavy atom. The molecule has 0 aromatic carbocycles. The van der Waals surface area contributed by atoms with E-state index in [1.165, 1.54) is 10.4 Å². The molecule has 3 nitrogen and oxygen atoms in total. The summed E-state index contributed by atoms with van der Waals surface area (Å²) in [5, 5.41) is 9.71. The number of nitrogens with one attached hydrogen (secondary N) is 1. The van der Waals surface area contributed by atoms with E-state index < -0.39 is 0 Å². The molecule has 2 heterocycles. The van der Waals surface area contributed by atoms with Crippen LogP contribution in [0.2, 0.25) is 0 Å². The molecule has 1 unspecified atom stereocenters. The predicted molar refractivity (Wildman–Crippen MR) is 64.3 cm³/mol. The third kappa shape index (κ3) is 2.04. The average Bonchev–Trinajstić information content (AvgIpc) is 2.76. The lowest BCUT2D eigenvalue weighted by molar-refractivity contribution is 0.753. The van der Waals surface area contributed by atoms with Crippen LogP contribution in [0.25, 0.3) is 0 Å². The van der Waals surface area contributed by atoms with Gasteiger partial charge in [-0.3, -0.25) is 4.68 Å². The van der Waals surface area contributed by atoms with E-state index in [2.05, 4.69) is 35.7 Å². The summed E-state index contributed by atoms with van der Waals surface area (Å²) in [5.74, 6) is 1.05. The molecule has 0 saturated heterocycles. The highest BCUT2D eigenvalue weighted by Gasteiger charge is 2.10. The van der Waals surface area contributed by atoms with Crippen LogP contribution in [-0.4, -0.2) is 9.78 Å². The molecule has 4 heteroatoms. The van der Waals surface area contributed by atoms with Crippen molar-refractivity contribution in [2.24, 2.45) is 7.05 Å². The maximum absolute atomic E-state index is 4.13. The molecule has 2 rings (SSSR count). The summed E-state index contributed by atoms with van der Waals surface area (Å²) in [6.07, 6.45) is 1.80. The van der Waals surface area contributed by atoms with Crippen LogP contribution in [0.3, 0.4) is 0 Å². The zero-order valence-electron chi connectivity index (χ0n) is 9.19. The highest BCUT2D eigenvalue weighted by Crippen LogP contribution is 2.26. The molecule has 2 aromatic rings. The molecule has 0 fully saturated rings. The van der Waals surface area contributed by atoms with Gasteiger partial charge in [0.15, 0.2) is 0 Å². The Balaban J connectivity index is 2.14. The summed E-state index contributed by atoms with van der Waals surface area (Å²) in [6.45, 7) is 4.32. The lowest BCUT2D eigenvalue weighted by atomic mass is 10.2. The zero-order valence-corrected chi connectivity index (χ0v) is 10.0. The van der Waals surface area contributed by atoms with Gasteiger partial charge in [0, 0.05) is 18.0 Å². The van der Waals surface area contributed by atoms with E-state index in [0.717, 1.165) is 5.82 Å². The Labute approximate surface area is 93.7 Å². The largest absolute Gasteiger partial charge is 0.363 e. The Bertz CT molecular complexity index is 444. The second kappa shape index (κ2) is 4.06. The number of anilines is 1. The van der Waals surface area contributed by atoms with E-state index in [1.807, 2.05) is 17.8 Å². The molecule has 0 spiro atoms. The minimum Gasteiger partial charge on any atom is -0.363 e. The summed E-state index contributed by atoms with van der Waals surface area (Å²) in [6, 6.07) is 4.47. The topological polar surface area (TPSA) is 29.9 Å². The highest BCUT2D eigenvalue weighted by molar-refractivity contribution is 7.10. The van der Waals surface area contributed by atoms with Gasteiger partial charge >= 0.3 is 0 Å². The molecule has 0 amide bonds. The van der Waals surface area contributed by atoms with Crippen molar-refractivity contribution in [2.75, 3.05) is 5.32 Å². The van der Waals surface area contributed by atoms with Gasteiger partial charge in [0.25, 0.3) is 0 Å². The Hall–Kier alpha value is -1.29. The first kappa shape index (κ1) is 10.2. The number of rotatable bonds is 3. The zero-order chi connectivity index (χ0) is 10.8. The summed E-state index contributed by atoms with van der Waals surface area (Å²) < 4.78 is 1.85. The molecule has 80 valence electrons. The molecule has 0 aliphatic heterocycles. The molecule has 0 bridgehead atoms. The van der Waals surface area contributed by atoms with Crippen LogP contribution in [0.5, 0.6) is 0 Å². The van der Waals surface area contributed by atoms with Crippen LogP contribution in [0, 0.1) is 6.92 Å². The molecule has 0 aliphatic rings. The number of hydrogen-bond acceptors (Lipinski definition) is 3. The van der Waals surface area contributed by atoms with Crippen LogP contribution < -0.4 is 5.32 Å². The fourth-order valence-corrected chi connectivity index (χ4v) is 2.57. The van der Waals surface area contributed by atoms with Crippen LogP contribution in [-0.2, 0) is 7.05 Å². The van der Waals surface area contributed by atoms with Crippen molar-refractivity contribution < 1.29 is 0 Å². The van der Waals surface area contributed by atoms with Gasteiger partial charge in [0.2, 0.25) is 0 Å². The van der Waals surface area contributed by atoms with Crippen LogP contribution in [0.15, 0.2) is 23.7 Å². The third-order valence-corrected chi connectivity index (χ3v) is 3.68. The summed E-state index contributed by atoms with van der Waals surface area (Å²) in [7, 11) is 1.94. The first-order chi connectivity index (χ1) is 7.18. The summed E-state index contributed by atoms with van der Waals surface area (Å²) >= 11 is 1.79. The normalized spacial score (nSPS) is 12.7. The minimum atomic E-state index is 0.334. The number of aromatic nitrogens is 2. The van der Waals surface area contributed by atoms with Crippen molar-refractivity contribution in [1.82, 2.24) is 9.78 Å². The van der Waals surface area contributed by atoms with Crippen molar-refractivity contribution in [1.29, 1.82) is 0 Å². The second-order valence-corrected chi connectivity index (χ2v) is 4.62. The number of hydrogen-bond donors (Lipinski definition) is 1. The molecule has 1 N–H and O–H groups in total. The standard InChI is InChI=1S/C11H15N3S/c1-8-5-7-15-11(8)9(2)13-10-4-6-12-14(10)3/h4-7,9,13H,1-3H3. The predicted octanol–water partition coefficient (Wildman–Crippen LogP) is 2.96. The molecule has 0 radical (unpaired) electrons. The number of thiophene rings is 1. The smallest absolute Gasteiger partial charge is 0.124 e. The van der Waals surface area contributed by atoms with Gasteiger partial charge in [-0.05, 0) is 30.9 Å². The van der Waals surface area contributed by atoms with Gasteiger partial charge in [-0.2, -0.15) is 5.10 Å². The van der Waals surface area contributed by atoms with Gasteiger partial charge in [-0.15, -0.1) is 11.3 Å². The van der Waals surface area contributed by atoms with E-state index in [0.29, 0.717) is 6.04 Å². The van der Waals surface area contributed by atoms with Crippen LogP contribution >= 0.6 is 11.3 Å². The number of nitrogens with zero attached hydrogens (tertiary/aromatic N) is 2. The van der Waals surface area contributed by atoms with Gasteiger partial charge in [-0.1, -0.05) is 0 Å². The average molecular weight is 221 g/mol. The first-order valence-electron chi connectivity index (χ1n) is 4.97. The Kier molecular flexibility index (Phi) is 2.77. The minimum absolute atomic E-state index is 0.334. The van der Waals surface area contributed by atoms with E-state index in [1.54, 1.807) is 17.5 Å². The monoisotopic (exact) mass is 221 g/mol. The summed E-state index contributed by atoms with van der Waals surface area (Å²) in [4.78, 5) is 1.39. The van der Waals surface area contributed by atoms with Gasteiger partial charge in [-0.25, -0.2) is 0 Å². The maximum Gasteiger partial charge on any atom is 0.124 e. The van der Waals surface area contributed by atoms with Crippen LogP contribution in [0.4, 0.5) is 5.82 Å². The van der Waals surface area contributed by atoms with Crippen molar-refractivity contribution >= 4 is 17.2 Å². The number of aryl methyl sites for hydroxylation is 2. The highest BCUT2D eigenvalue weighted by atomic mass is 32.1. The van der Waals surface area contributed by atoms with E-state index in [-0.39, 0.29) is 0 Å². The van der Waals surface area contributed by atoms with Crippen molar-refractivity contribution in [3.63, 3.8) is 0 Å². The first-order valence-corrected chi connectivity index (χ1v) is 5.85. The van der Waals surface area contributed by atoms with Crippen molar-refractivity contribution in [3.8, 4) is 0 Å². The van der Waals surface area contributed by atoms with E-state index in [4.69, 9.17) is 0 Å². The van der Waals surface area contributed by atoms with Crippen molar-refractivity contribution in [2.45, 2.75) is 19.9 Å². The SMILES string of the molecule is Cc1ccsc1C(C)Nc1ccnn1C. The van der Waals surface area contributed by atoms with Gasteiger partial charge in [0.05, 0.1) is 12.2 Å². The molecule has 15 heavy (non-hydrogen) atoms. The fourth-order valence-electron chi connectivity index (χ4n) is 1.63. The second-order valence-electron chi connectivity index (χ2n) is 3.67. The molecule has 1 atom stereocenters. The van der Waals surface area contributed by atoms with E-state index >= 15 is 0 Å². The third-order valence-electron chi connectivity index (χ3n) is 2.48. The lowest BCUT2D eigenvalue weighted by Gasteiger charge is -2.14. The van der Waals surface area contributed by atoms with Gasteiger partial charge in [0.1, 0.15) is 5.82 Å². The lowest BCUT2D eigenvalue weighted by Crippen LogP contribution is -2.09. The van der Waals surface area contributed by atoms with Gasteiger partial charge < -0.3 is 5.32 Å². The van der Waals surface area contributed by atoms with Crippen molar-refractivity contribution in [3.05, 3.63) is 34.2 Å². The summed E-state index contributed by atoms with van der Waals surface area (Å²) in [5.41, 5.74) is 1.35. The molecule has 2 aromatic heterocycles. The molecule has 0 saturated carbocycles. The Morgan fingerprint density at radius 1 is 1.47 bits per heavy atom. The molecular formula is C11H15N3S. The Morgan fingerprint density at radius 2 is 2.27 bits per heavy atom. The fraction of sp³-hybridized carbons (Fsp3) is 0.364. The molecule has 0 aliphatic carbocycles.